The minimum absolute atomic E-state index is 0.000343. The summed E-state index contributed by atoms with van der Waals surface area (Å²) in [6.07, 6.45) is 7.12. The number of aromatic amines is 1. The molecule has 1 aromatic carbocycles. The van der Waals surface area contributed by atoms with Crippen LogP contribution in [0.3, 0.4) is 0 Å². The highest BCUT2D eigenvalue weighted by molar-refractivity contribution is 5.93. The molecule has 0 radical (unpaired) electrons. The average Bonchev–Trinajstić information content (AvgIpc) is 3.28. The van der Waals surface area contributed by atoms with Gasteiger partial charge < -0.3 is 9.64 Å². The van der Waals surface area contributed by atoms with Crippen LogP contribution in [0, 0.1) is 11.6 Å². The maximum atomic E-state index is 13.6. The van der Waals surface area contributed by atoms with Gasteiger partial charge in [0.1, 0.15) is 12.4 Å². The molecule has 1 aliphatic rings. The number of benzene rings is 1. The van der Waals surface area contributed by atoms with Gasteiger partial charge in [0.2, 0.25) is 0 Å². The van der Waals surface area contributed by atoms with Crippen molar-refractivity contribution in [3.63, 3.8) is 0 Å². The summed E-state index contributed by atoms with van der Waals surface area (Å²) in [4.78, 5) is 14.4. The first kappa shape index (κ1) is 18.1. The number of hydrogen-bond acceptors (Lipinski definition) is 3. The minimum atomic E-state index is -0.775. The number of nitrogens with zero attached hydrogens (tertiary/aromatic N) is 2. The summed E-state index contributed by atoms with van der Waals surface area (Å²) in [5, 5.41) is 6.78. The quantitative estimate of drug-likeness (QED) is 0.763. The smallest absolute Gasteiger partial charge is 0.275 e. The molecule has 0 saturated carbocycles. The van der Waals surface area contributed by atoms with Crippen LogP contribution in [0.4, 0.5) is 8.78 Å². The number of ether oxygens (including phenoxy) is 1. The number of amides is 1. The van der Waals surface area contributed by atoms with Crippen LogP contribution in [0.5, 0.6) is 5.75 Å². The summed E-state index contributed by atoms with van der Waals surface area (Å²) in [6, 6.07) is 4.80. The number of halogens is 2. The van der Waals surface area contributed by atoms with E-state index in [1.165, 1.54) is 6.07 Å². The second-order valence-electron chi connectivity index (χ2n) is 6.24. The molecule has 26 heavy (non-hydrogen) atoms. The topological polar surface area (TPSA) is 58.2 Å². The lowest BCUT2D eigenvalue weighted by Crippen LogP contribution is -2.36. The maximum Gasteiger partial charge on any atom is 0.275 e. The van der Waals surface area contributed by atoms with Crippen LogP contribution < -0.4 is 4.74 Å². The Kier molecular flexibility index (Phi) is 5.65. The molecule has 1 amide bonds. The summed E-state index contributed by atoms with van der Waals surface area (Å²) >= 11 is 0. The molecule has 7 heteroatoms. The molecule has 2 heterocycles. The Morgan fingerprint density at radius 1 is 1.38 bits per heavy atom. The molecule has 0 fully saturated rings. The van der Waals surface area contributed by atoms with Crippen LogP contribution in [0.2, 0.25) is 0 Å². The van der Waals surface area contributed by atoms with Crippen LogP contribution in [0.1, 0.15) is 42.4 Å². The van der Waals surface area contributed by atoms with E-state index in [4.69, 9.17) is 4.74 Å². The summed E-state index contributed by atoms with van der Waals surface area (Å²) in [6.45, 7) is 2.70. The zero-order valence-corrected chi connectivity index (χ0v) is 14.5. The lowest BCUT2D eigenvalue weighted by atomic mass is 10.1. The molecular formula is C19H21F2N3O2. The first-order chi connectivity index (χ1) is 12.6. The maximum absolute atomic E-state index is 13.6. The molecule has 5 nitrogen and oxygen atoms in total. The van der Waals surface area contributed by atoms with Crippen LogP contribution in [0.25, 0.3) is 0 Å². The van der Waals surface area contributed by atoms with Crippen molar-refractivity contribution in [2.24, 2.45) is 0 Å². The monoisotopic (exact) mass is 361 g/mol. The van der Waals surface area contributed by atoms with Gasteiger partial charge in [-0.3, -0.25) is 9.89 Å². The van der Waals surface area contributed by atoms with Crippen molar-refractivity contribution < 1.29 is 18.3 Å². The normalized spacial score (nSPS) is 16.3. The van der Waals surface area contributed by atoms with E-state index in [1.54, 1.807) is 11.0 Å². The number of unbranched alkanes of at least 4 members (excludes halogenated alkanes) is 1. The lowest BCUT2D eigenvalue weighted by molar-refractivity contribution is 0.0737. The van der Waals surface area contributed by atoms with Crippen LogP contribution >= 0.6 is 0 Å². The molecule has 3 rings (SSSR count). The summed E-state index contributed by atoms with van der Waals surface area (Å²) in [7, 11) is 0. The summed E-state index contributed by atoms with van der Waals surface area (Å²) in [5.74, 6) is -1.65. The highest BCUT2D eigenvalue weighted by Gasteiger charge is 2.26. The van der Waals surface area contributed by atoms with E-state index in [9.17, 15) is 13.6 Å². The van der Waals surface area contributed by atoms with E-state index in [-0.39, 0.29) is 24.3 Å². The molecule has 0 spiro atoms. The van der Waals surface area contributed by atoms with Crippen molar-refractivity contribution in [2.45, 2.75) is 38.8 Å². The molecule has 1 atom stereocenters. The number of carbonyl (C=O) groups is 1. The Labute approximate surface area is 150 Å². The molecule has 138 valence electrons. The predicted molar refractivity (Wildman–Crippen MR) is 92.8 cm³/mol. The largest absolute Gasteiger partial charge is 0.484 e. The molecule has 0 bridgehead atoms. The van der Waals surface area contributed by atoms with Crippen LogP contribution in [-0.4, -0.2) is 33.6 Å². The van der Waals surface area contributed by atoms with E-state index in [1.807, 2.05) is 6.08 Å². The van der Waals surface area contributed by atoms with Gasteiger partial charge in [-0.2, -0.15) is 5.10 Å². The van der Waals surface area contributed by atoms with E-state index >= 15 is 0 Å². The standard InChI is InChI=1S/C19H21F2N3O2/c1-2-3-5-15-6-4-9-24(15)19(25)17-11-14(22-23-17)12-26-18-8-7-13(20)10-16(18)21/h4,6-8,10-11,15H,2-3,5,9,12H2,1H3,(H,22,23). The summed E-state index contributed by atoms with van der Waals surface area (Å²) in [5.41, 5.74) is 0.836. The molecule has 2 aromatic rings. The summed E-state index contributed by atoms with van der Waals surface area (Å²) < 4.78 is 31.8. The van der Waals surface area contributed by atoms with E-state index in [0.717, 1.165) is 31.4 Å². The first-order valence-electron chi connectivity index (χ1n) is 8.68. The molecule has 0 aliphatic carbocycles. The number of rotatable bonds is 7. The van der Waals surface area contributed by atoms with Crippen LogP contribution in [-0.2, 0) is 6.61 Å². The van der Waals surface area contributed by atoms with Crippen molar-refractivity contribution in [3.05, 3.63) is 59.4 Å². The van der Waals surface area contributed by atoms with Crippen molar-refractivity contribution in [1.29, 1.82) is 0 Å². The third-order valence-corrected chi connectivity index (χ3v) is 4.30. The lowest BCUT2D eigenvalue weighted by Gasteiger charge is -2.23. The highest BCUT2D eigenvalue weighted by atomic mass is 19.1. The minimum Gasteiger partial charge on any atom is -0.484 e. The van der Waals surface area contributed by atoms with Gasteiger partial charge in [-0.1, -0.05) is 31.9 Å². The van der Waals surface area contributed by atoms with Gasteiger partial charge in [0.05, 0.1) is 11.7 Å². The number of nitrogens with one attached hydrogen (secondary N) is 1. The highest BCUT2D eigenvalue weighted by Crippen LogP contribution is 2.20. The van der Waals surface area contributed by atoms with E-state index in [0.29, 0.717) is 17.9 Å². The third-order valence-electron chi connectivity index (χ3n) is 4.30. The van der Waals surface area contributed by atoms with Crippen molar-refractivity contribution in [3.8, 4) is 5.75 Å². The molecule has 0 saturated heterocycles. The van der Waals surface area contributed by atoms with E-state index in [2.05, 4.69) is 23.2 Å². The van der Waals surface area contributed by atoms with Gasteiger partial charge in [-0.25, -0.2) is 8.78 Å². The second kappa shape index (κ2) is 8.12. The van der Waals surface area contributed by atoms with Gasteiger partial charge in [0.25, 0.3) is 5.91 Å². The van der Waals surface area contributed by atoms with Gasteiger partial charge in [0, 0.05) is 12.6 Å². The zero-order valence-electron chi connectivity index (χ0n) is 14.5. The second-order valence-corrected chi connectivity index (χ2v) is 6.24. The van der Waals surface area contributed by atoms with Gasteiger partial charge in [0.15, 0.2) is 17.3 Å². The van der Waals surface area contributed by atoms with Crippen molar-refractivity contribution in [1.82, 2.24) is 15.1 Å². The predicted octanol–water partition coefficient (Wildman–Crippen LogP) is 3.84. The Hall–Kier alpha value is -2.70. The Morgan fingerprint density at radius 3 is 3.00 bits per heavy atom. The van der Waals surface area contributed by atoms with Crippen LogP contribution in [0.15, 0.2) is 36.4 Å². The average molecular weight is 361 g/mol. The number of hydrogen-bond donors (Lipinski definition) is 1. The molecule has 1 aromatic heterocycles. The van der Waals surface area contributed by atoms with Gasteiger partial charge >= 0.3 is 0 Å². The first-order valence-corrected chi connectivity index (χ1v) is 8.68. The molecule has 1 unspecified atom stereocenters. The molecule has 1 aliphatic heterocycles. The molecular weight excluding hydrogens is 340 g/mol. The Balaban J connectivity index is 1.61. The Morgan fingerprint density at radius 2 is 2.23 bits per heavy atom. The van der Waals surface area contributed by atoms with Crippen molar-refractivity contribution in [2.75, 3.05) is 6.54 Å². The molecule has 1 N–H and O–H groups in total. The Bertz CT molecular complexity index is 804. The third kappa shape index (κ3) is 4.09. The number of H-pyrrole nitrogens is 1. The zero-order chi connectivity index (χ0) is 18.5. The number of aromatic nitrogens is 2. The SMILES string of the molecule is CCCCC1C=CCN1C(=O)c1cc(COc2ccc(F)cc2F)[nH]n1. The van der Waals surface area contributed by atoms with Gasteiger partial charge in [-0.05, 0) is 24.6 Å². The van der Waals surface area contributed by atoms with Crippen molar-refractivity contribution >= 4 is 5.91 Å². The fourth-order valence-corrected chi connectivity index (χ4v) is 2.91. The fraction of sp³-hybridized carbons (Fsp3) is 0.368. The number of carbonyl (C=O) groups excluding carboxylic acids is 1. The fourth-order valence-electron chi connectivity index (χ4n) is 2.91. The van der Waals surface area contributed by atoms with Gasteiger partial charge in [-0.15, -0.1) is 0 Å². The van der Waals surface area contributed by atoms with E-state index < -0.39 is 11.6 Å².